The minimum absolute atomic E-state index is 0.0744. The van der Waals surface area contributed by atoms with Crippen molar-refractivity contribution < 1.29 is 19.4 Å². The van der Waals surface area contributed by atoms with Crippen LogP contribution in [0.3, 0.4) is 0 Å². The number of benzene rings is 1. The molecule has 2 amide bonds. The van der Waals surface area contributed by atoms with Crippen LogP contribution in [0, 0.1) is 6.92 Å². The zero-order chi connectivity index (χ0) is 23.1. The highest BCUT2D eigenvalue weighted by molar-refractivity contribution is 9.10. The zero-order valence-corrected chi connectivity index (χ0v) is 20.1. The van der Waals surface area contributed by atoms with Crippen molar-refractivity contribution in [3.8, 4) is 0 Å². The van der Waals surface area contributed by atoms with Gasteiger partial charge in [-0.1, -0.05) is 15.9 Å². The van der Waals surface area contributed by atoms with Gasteiger partial charge >= 0.3 is 0 Å². The molecule has 1 aromatic heterocycles. The Kier molecular flexibility index (Phi) is 6.13. The van der Waals surface area contributed by atoms with E-state index in [9.17, 15) is 14.7 Å². The molecule has 1 saturated heterocycles. The van der Waals surface area contributed by atoms with E-state index in [-0.39, 0.29) is 11.8 Å². The lowest BCUT2D eigenvalue weighted by Crippen LogP contribution is -2.47. The number of hydrogen-bond donors (Lipinski definition) is 3. The van der Waals surface area contributed by atoms with Crippen LogP contribution in [0.25, 0.3) is 11.6 Å². The molecule has 0 unspecified atom stereocenters. The Balaban J connectivity index is 1.35. The molecule has 8 nitrogen and oxygen atoms in total. The van der Waals surface area contributed by atoms with Crippen LogP contribution in [0.2, 0.25) is 0 Å². The second-order valence-electron chi connectivity index (χ2n) is 8.79. The van der Waals surface area contributed by atoms with Crippen molar-refractivity contribution in [2.45, 2.75) is 19.4 Å². The summed E-state index contributed by atoms with van der Waals surface area (Å²) < 4.78 is 6.25. The summed E-state index contributed by atoms with van der Waals surface area (Å²) in [5.74, 6) is -0.232. The van der Waals surface area contributed by atoms with Crippen molar-refractivity contribution in [1.82, 2.24) is 14.8 Å². The van der Waals surface area contributed by atoms with E-state index in [4.69, 9.17) is 4.74 Å². The van der Waals surface area contributed by atoms with Crippen molar-refractivity contribution in [3.05, 3.63) is 50.8 Å². The molecule has 1 atom stereocenters. The van der Waals surface area contributed by atoms with Gasteiger partial charge in [0.15, 0.2) is 0 Å². The molecule has 9 heteroatoms. The number of halogens is 1. The Bertz CT molecular complexity index is 1140. The number of morpholine rings is 1. The fourth-order valence-corrected chi connectivity index (χ4v) is 5.18. The maximum Gasteiger partial charge on any atom is 0.256 e. The molecule has 0 radical (unpaired) electrons. The van der Waals surface area contributed by atoms with Gasteiger partial charge in [-0.05, 0) is 36.8 Å². The van der Waals surface area contributed by atoms with Crippen LogP contribution in [0.15, 0.2) is 22.7 Å². The number of aromatic amines is 1. The summed E-state index contributed by atoms with van der Waals surface area (Å²) in [6.45, 7) is 6.26. The second-order valence-corrected chi connectivity index (χ2v) is 9.70. The number of aliphatic hydroxyl groups is 1. The predicted octanol–water partition coefficient (Wildman–Crippen LogP) is 2.27. The molecule has 5 rings (SSSR count). The van der Waals surface area contributed by atoms with Gasteiger partial charge in [-0.2, -0.15) is 0 Å². The third kappa shape index (κ3) is 4.38. The molecule has 33 heavy (non-hydrogen) atoms. The zero-order valence-electron chi connectivity index (χ0n) is 18.5. The Morgan fingerprint density at radius 1 is 1.21 bits per heavy atom. The van der Waals surface area contributed by atoms with Gasteiger partial charge in [0.05, 0.1) is 30.5 Å². The number of fused-ring (bicyclic) bond motifs is 2. The van der Waals surface area contributed by atoms with Crippen LogP contribution in [-0.2, 0) is 16.0 Å². The van der Waals surface area contributed by atoms with Crippen molar-refractivity contribution in [2.24, 2.45) is 0 Å². The van der Waals surface area contributed by atoms with Crippen molar-refractivity contribution in [2.75, 3.05) is 51.3 Å². The third-order valence-electron chi connectivity index (χ3n) is 6.56. The van der Waals surface area contributed by atoms with E-state index in [0.717, 1.165) is 45.8 Å². The smallest absolute Gasteiger partial charge is 0.256 e. The van der Waals surface area contributed by atoms with Crippen molar-refractivity contribution in [1.29, 1.82) is 0 Å². The summed E-state index contributed by atoms with van der Waals surface area (Å²) in [5.41, 5.74) is 5.31. The highest BCUT2D eigenvalue weighted by Gasteiger charge is 2.31. The van der Waals surface area contributed by atoms with Crippen LogP contribution in [0.4, 0.5) is 5.69 Å². The number of β-amino-alcohol motifs (C(OH)–C–C–N with tert-alkyl or cyclic N) is 1. The van der Waals surface area contributed by atoms with Gasteiger partial charge in [-0.25, -0.2) is 0 Å². The first-order valence-electron chi connectivity index (χ1n) is 11.2. The lowest BCUT2D eigenvalue weighted by atomic mass is 10.0. The second kappa shape index (κ2) is 9.06. The number of H-pyrrole nitrogens is 1. The molecule has 3 N–H and O–H groups in total. The molecule has 1 aromatic carbocycles. The number of ether oxygens (including phenoxy) is 1. The molecule has 174 valence electrons. The highest BCUT2D eigenvalue weighted by Crippen LogP contribution is 2.36. The topological polar surface area (TPSA) is 97.9 Å². The van der Waals surface area contributed by atoms with Gasteiger partial charge in [0.2, 0.25) is 0 Å². The first kappa shape index (κ1) is 22.3. The molecule has 2 aromatic rings. The van der Waals surface area contributed by atoms with Gasteiger partial charge in [0.1, 0.15) is 0 Å². The Morgan fingerprint density at radius 2 is 2.00 bits per heavy atom. The van der Waals surface area contributed by atoms with E-state index < -0.39 is 6.10 Å². The summed E-state index contributed by atoms with van der Waals surface area (Å²) in [6.07, 6.45) is 1.90. The average molecular weight is 515 g/mol. The quantitative estimate of drug-likeness (QED) is 0.531. The third-order valence-corrected chi connectivity index (χ3v) is 7.05. The number of carbonyl (C=O) groups is 2. The number of rotatable bonds is 5. The van der Waals surface area contributed by atoms with Crippen LogP contribution < -0.4 is 5.32 Å². The van der Waals surface area contributed by atoms with E-state index in [1.54, 1.807) is 4.90 Å². The van der Waals surface area contributed by atoms with Crippen LogP contribution in [-0.4, -0.2) is 83.7 Å². The molecule has 0 saturated carbocycles. The number of hydrogen-bond acceptors (Lipinski definition) is 5. The highest BCUT2D eigenvalue weighted by atomic mass is 79.9. The van der Waals surface area contributed by atoms with Gasteiger partial charge in [-0.3, -0.25) is 14.5 Å². The largest absolute Gasteiger partial charge is 0.390 e. The Hall–Kier alpha value is -2.46. The SMILES string of the molecule is Cc1c(/C=C2\C(=O)Nc3ccc(Br)cc32)[nH]c2c1C(=O)N(C[C@@H](O)CN1CCOCC1)CC2. The lowest BCUT2D eigenvalue weighted by molar-refractivity contribution is -0.110. The monoisotopic (exact) mass is 514 g/mol. The van der Waals surface area contributed by atoms with Crippen molar-refractivity contribution >= 4 is 45.1 Å². The molecule has 3 aliphatic heterocycles. The van der Waals surface area contributed by atoms with Gasteiger partial charge in [0.25, 0.3) is 11.8 Å². The number of nitrogens with zero attached hydrogens (tertiary/aromatic N) is 2. The minimum Gasteiger partial charge on any atom is -0.390 e. The Labute approximate surface area is 200 Å². The summed E-state index contributed by atoms with van der Waals surface area (Å²) in [7, 11) is 0. The molecule has 4 heterocycles. The number of aliphatic hydroxyl groups excluding tert-OH is 1. The number of carbonyl (C=O) groups excluding carboxylic acids is 2. The minimum atomic E-state index is -0.605. The van der Waals surface area contributed by atoms with E-state index in [2.05, 4.69) is 31.1 Å². The van der Waals surface area contributed by atoms with E-state index in [0.29, 0.717) is 50.4 Å². The number of nitrogens with one attached hydrogen (secondary N) is 2. The number of amides is 2. The maximum absolute atomic E-state index is 13.3. The molecule has 3 aliphatic rings. The van der Waals surface area contributed by atoms with Crippen LogP contribution in [0.1, 0.15) is 32.9 Å². The van der Waals surface area contributed by atoms with E-state index in [1.165, 1.54) is 0 Å². The standard InChI is InChI=1S/C24H27BrN4O4/c1-14-21(11-18-17-10-15(25)2-3-19(17)27-23(18)31)26-20-4-5-29(24(32)22(14)20)13-16(30)12-28-6-8-33-9-7-28/h2-3,10-11,16,26,30H,4-9,12-13H2,1H3,(H,27,31)/b18-11-/t16-/m0/s1. The van der Waals surface area contributed by atoms with Gasteiger partial charge in [0, 0.05) is 66.3 Å². The summed E-state index contributed by atoms with van der Waals surface area (Å²) in [5, 5.41) is 13.5. The first-order chi connectivity index (χ1) is 15.9. The number of anilines is 1. The van der Waals surface area contributed by atoms with Crippen LogP contribution >= 0.6 is 15.9 Å². The summed E-state index contributed by atoms with van der Waals surface area (Å²) >= 11 is 3.47. The predicted molar refractivity (Wildman–Crippen MR) is 129 cm³/mol. The summed E-state index contributed by atoms with van der Waals surface area (Å²) in [4.78, 5) is 33.1. The molecule has 1 fully saturated rings. The summed E-state index contributed by atoms with van der Waals surface area (Å²) in [6, 6.07) is 5.68. The van der Waals surface area contributed by atoms with Crippen LogP contribution in [0.5, 0.6) is 0 Å². The molecule has 0 aliphatic carbocycles. The van der Waals surface area contributed by atoms with E-state index >= 15 is 0 Å². The van der Waals surface area contributed by atoms with Crippen molar-refractivity contribution in [3.63, 3.8) is 0 Å². The molecular formula is C24H27BrN4O4. The number of aromatic nitrogens is 1. The fourth-order valence-electron chi connectivity index (χ4n) is 4.82. The lowest BCUT2D eigenvalue weighted by Gasteiger charge is -2.32. The normalized spacial score (nSPS) is 20.7. The van der Waals surface area contributed by atoms with Gasteiger partial charge < -0.3 is 25.0 Å². The molecule has 0 bridgehead atoms. The fraction of sp³-hybridized carbons (Fsp3) is 0.417. The first-order valence-corrected chi connectivity index (χ1v) is 12.0. The maximum atomic E-state index is 13.3. The molecular weight excluding hydrogens is 488 g/mol. The average Bonchev–Trinajstić information content (AvgIpc) is 3.27. The van der Waals surface area contributed by atoms with E-state index in [1.807, 2.05) is 31.2 Å². The molecule has 0 spiro atoms. The Morgan fingerprint density at radius 3 is 2.79 bits per heavy atom. The van der Waals surface area contributed by atoms with Gasteiger partial charge in [-0.15, -0.1) is 0 Å².